The van der Waals surface area contributed by atoms with Gasteiger partial charge >= 0.3 is 6.01 Å². The van der Waals surface area contributed by atoms with E-state index < -0.39 is 0 Å². The fourth-order valence-corrected chi connectivity index (χ4v) is 2.66. The molecule has 0 spiro atoms. The van der Waals surface area contributed by atoms with Crippen LogP contribution < -0.4 is 10.1 Å². The third-order valence-corrected chi connectivity index (χ3v) is 3.55. The lowest BCUT2D eigenvalue weighted by Gasteiger charge is -2.10. The molecule has 0 radical (unpaired) electrons. The molecule has 0 saturated carbocycles. The predicted octanol–water partition coefficient (Wildman–Crippen LogP) is 4.19. The van der Waals surface area contributed by atoms with E-state index in [1.165, 1.54) is 0 Å². The molecule has 0 bridgehead atoms. The van der Waals surface area contributed by atoms with Crippen LogP contribution in [-0.4, -0.2) is 21.6 Å². The van der Waals surface area contributed by atoms with Crippen molar-refractivity contribution < 1.29 is 4.74 Å². The highest BCUT2D eigenvalue weighted by molar-refractivity contribution is 9.11. The highest BCUT2D eigenvalue weighted by Crippen LogP contribution is 2.32. The molecule has 0 fully saturated rings. The standard InChI is InChI=1S/C11H9Br2ClN4O/c1-2-19-11-17-9(14)16-10(18-11)15-8-6(12)4-3-5-7(8)13/h3-5H,2H2,1H3,(H,15,16,17,18). The van der Waals surface area contributed by atoms with Crippen molar-refractivity contribution in [3.05, 3.63) is 32.4 Å². The number of aromatic nitrogens is 3. The molecule has 0 aliphatic carbocycles. The highest BCUT2D eigenvalue weighted by Gasteiger charge is 2.10. The zero-order valence-corrected chi connectivity index (χ0v) is 13.8. The zero-order valence-electron chi connectivity index (χ0n) is 9.82. The molecule has 0 aliphatic rings. The summed E-state index contributed by atoms with van der Waals surface area (Å²) in [7, 11) is 0. The van der Waals surface area contributed by atoms with Crippen LogP contribution in [0.1, 0.15) is 6.92 Å². The van der Waals surface area contributed by atoms with Crippen LogP contribution in [0, 0.1) is 0 Å². The van der Waals surface area contributed by atoms with Crippen molar-refractivity contribution >= 4 is 55.1 Å². The molecule has 100 valence electrons. The van der Waals surface area contributed by atoms with E-state index in [0.29, 0.717) is 12.6 Å². The van der Waals surface area contributed by atoms with E-state index in [-0.39, 0.29) is 11.3 Å². The first-order valence-electron chi connectivity index (χ1n) is 5.35. The number of rotatable bonds is 4. The third kappa shape index (κ3) is 3.77. The molecule has 1 N–H and O–H groups in total. The van der Waals surface area contributed by atoms with Gasteiger partial charge in [-0.15, -0.1) is 0 Å². The van der Waals surface area contributed by atoms with E-state index in [4.69, 9.17) is 16.3 Å². The van der Waals surface area contributed by atoms with Gasteiger partial charge < -0.3 is 10.1 Å². The zero-order chi connectivity index (χ0) is 13.8. The van der Waals surface area contributed by atoms with Gasteiger partial charge in [0.25, 0.3) is 0 Å². The van der Waals surface area contributed by atoms with Gasteiger partial charge in [-0.3, -0.25) is 0 Å². The Balaban J connectivity index is 2.33. The van der Waals surface area contributed by atoms with E-state index in [0.717, 1.165) is 14.6 Å². The first kappa shape index (κ1) is 14.5. The van der Waals surface area contributed by atoms with Crippen LogP contribution in [0.15, 0.2) is 27.1 Å². The fraction of sp³-hybridized carbons (Fsp3) is 0.182. The largest absolute Gasteiger partial charge is 0.464 e. The van der Waals surface area contributed by atoms with Gasteiger partial charge in [0.1, 0.15) is 0 Å². The summed E-state index contributed by atoms with van der Waals surface area (Å²) in [4.78, 5) is 12.0. The number of halogens is 3. The fourth-order valence-electron chi connectivity index (χ4n) is 1.31. The van der Waals surface area contributed by atoms with E-state index >= 15 is 0 Å². The van der Waals surface area contributed by atoms with Crippen LogP contribution in [0.4, 0.5) is 11.6 Å². The quantitative estimate of drug-likeness (QED) is 0.822. The summed E-state index contributed by atoms with van der Waals surface area (Å²) in [5.74, 6) is 0.316. The second-order valence-electron chi connectivity index (χ2n) is 3.37. The number of anilines is 2. The topological polar surface area (TPSA) is 59.9 Å². The average molecular weight is 408 g/mol. The van der Waals surface area contributed by atoms with Crippen LogP contribution in [0.3, 0.4) is 0 Å². The Bertz CT molecular complexity index is 577. The first-order valence-corrected chi connectivity index (χ1v) is 7.32. The molecule has 1 aromatic heterocycles. The van der Waals surface area contributed by atoms with Gasteiger partial charge in [0.05, 0.1) is 12.3 Å². The van der Waals surface area contributed by atoms with Gasteiger partial charge in [-0.25, -0.2) is 0 Å². The summed E-state index contributed by atoms with van der Waals surface area (Å²) in [6.07, 6.45) is 0. The molecular weight excluding hydrogens is 399 g/mol. The minimum absolute atomic E-state index is 0.0733. The maximum atomic E-state index is 5.83. The molecule has 5 nitrogen and oxygen atoms in total. The van der Waals surface area contributed by atoms with Crippen LogP contribution in [-0.2, 0) is 0 Å². The van der Waals surface area contributed by atoms with Gasteiger partial charge in [-0.2, -0.15) is 15.0 Å². The van der Waals surface area contributed by atoms with Gasteiger partial charge in [-0.1, -0.05) is 6.07 Å². The predicted molar refractivity (Wildman–Crippen MR) is 81.1 cm³/mol. The van der Waals surface area contributed by atoms with E-state index in [1.54, 1.807) is 0 Å². The maximum absolute atomic E-state index is 5.83. The smallest absolute Gasteiger partial charge is 0.322 e. The molecule has 0 unspecified atom stereocenters. The van der Waals surface area contributed by atoms with E-state index in [2.05, 4.69) is 52.1 Å². The summed E-state index contributed by atoms with van der Waals surface area (Å²) in [5.41, 5.74) is 0.798. The normalized spacial score (nSPS) is 10.3. The van der Waals surface area contributed by atoms with Crippen molar-refractivity contribution in [2.45, 2.75) is 6.92 Å². The molecule has 0 saturated heterocycles. The van der Waals surface area contributed by atoms with Gasteiger partial charge in [0, 0.05) is 8.95 Å². The average Bonchev–Trinajstić information content (AvgIpc) is 2.34. The SMILES string of the molecule is CCOc1nc(Cl)nc(Nc2c(Br)cccc2Br)n1. The van der Waals surface area contributed by atoms with Crippen LogP contribution >= 0.6 is 43.5 Å². The minimum atomic E-state index is 0.0733. The molecule has 2 rings (SSSR count). The Morgan fingerprint density at radius 2 is 1.89 bits per heavy atom. The van der Waals surface area contributed by atoms with Crippen molar-refractivity contribution in [1.29, 1.82) is 0 Å². The number of hydrogen-bond acceptors (Lipinski definition) is 5. The van der Waals surface area contributed by atoms with E-state index in [9.17, 15) is 0 Å². The van der Waals surface area contributed by atoms with Gasteiger partial charge in [-0.05, 0) is 62.5 Å². The van der Waals surface area contributed by atoms with Crippen molar-refractivity contribution in [2.75, 3.05) is 11.9 Å². The van der Waals surface area contributed by atoms with E-state index in [1.807, 2.05) is 25.1 Å². The van der Waals surface area contributed by atoms with Crippen molar-refractivity contribution in [3.8, 4) is 6.01 Å². The third-order valence-electron chi connectivity index (χ3n) is 2.06. The Kier molecular flexibility index (Phi) is 4.95. The van der Waals surface area contributed by atoms with Crippen molar-refractivity contribution in [2.24, 2.45) is 0 Å². The maximum Gasteiger partial charge on any atom is 0.322 e. The Morgan fingerprint density at radius 3 is 2.53 bits per heavy atom. The second kappa shape index (κ2) is 6.49. The molecule has 2 aromatic rings. The van der Waals surface area contributed by atoms with Crippen molar-refractivity contribution in [1.82, 2.24) is 15.0 Å². The highest BCUT2D eigenvalue weighted by atomic mass is 79.9. The monoisotopic (exact) mass is 406 g/mol. The molecular formula is C11H9Br2ClN4O. The second-order valence-corrected chi connectivity index (χ2v) is 5.41. The molecule has 0 aliphatic heterocycles. The molecule has 8 heteroatoms. The first-order chi connectivity index (χ1) is 9.10. The summed E-state index contributed by atoms with van der Waals surface area (Å²) in [5, 5.41) is 3.13. The number of para-hydroxylation sites is 1. The molecule has 1 heterocycles. The number of nitrogens with one attached hydrogen (secondary N) is 1. The van der Waals surface area contributed by atoms with Gasteiger partial charge in [0.15, 0.2) is 0 Å². The summed E-state index contributed by atoms with van der Waals surface area (Å²) in [6.45, 7) is 2.30. The Morgan fingerprint density at radius 1 is 1.21 bits per heavy atom. The van der Waals surface area contributed by atoms with Gasteiger partial charge in [0.2, 0.25) is 11.2 Å². The lowest BCUT2D eigenvalue weighted by atomic mass is 10.3. The van der Waals surface area contributed by atoms with Crippen LogP contribution in [0.2, 0.25) is 5.28 Å². The summed E-state index contributed by atoms with van der Waals surface area (Å²) in [6, 6.07) is 5.90. The molecule has 0 atom stereocenters. The molecule has 1 aromatic carbocycles. The summed E-state index contributed by atoms with van der Waals surface area (Å²) >= 11 is 12.7. The van der Waals surface area contributed by atoms with Crippen molar-refractivity contribution in [3.63, 3.8) is 0 Å². The number of hydrogen-bond donors (Lipinski definition) is 1. The number of nitrogens with zero attached hydrogens (tertiary/aromatic N) is 3. The molecule has 19 heavy (non-hydrogen) atoms. The van der Waals surface area contributed by atoms with Crippen LogP contribution in [0.25, 0.3) is 0 Å². The molecule has 0 amide bonds. The Labute approximate surface area is 132 Å². The Hall–Kier alpha value is -0.920. The lowest BCUT2D eigenvalue weighted by molar-refractivity contribution is 0.312. The minimum Gasteiger partial charge on any atom is -0.464 e. The number of benzene rings is 1. The summed E-state index contributed by atoms with van der Waals surface area (Å²) < 4.78 is 6.96. The van der Waals surface area contributed by atoms with Crippen LogP contribution in [0.5, 0.6) is 6.01 Å². The lowest BCUT2D eigenvalue weighted by Crippen LogP contribution is -2.04. The number of ether oxygens (including phenoxy) is 1.